The second-order valence-corrected chi connectivity index (χ2v) is 5.92. The molecule has 5 nitrogen and oxygen atoms in total. The quantitative estimate of drug-likeness (QED) is 0.759. The van der Waals surface area contributed by atoms with E-state index in [9.17, 15) is 18.4 Å². The van der Waals surface area contributed by atoms with Crippen LogP contribution < -0.4 is 15.4 Å². The van der Waals surface area contributed by atoms with Crippen LogP contribution in [0.15, 0.2) is 46.9 Å². The topological polar surface area (TPSA) is 67.4 Å². The van der Waals surface area contributed by atoms with Gasteiger partial charge in [-0.15, -0.1) is 0 Å². The Balaban J connectivity index is 1.95. The molecular weight excluding hydrogens is 398 g/mol. The number of alkyl halides is 2. The number of rotatable bonds is 6. The lowest BCUT2D eigenvalue weighted by Crippen LogP contribution is -2.33. The van der Waals surface area contributed by atoms with Gasteiger partial charge in [0.05, 0.1) is 12.1 Å². The first-order valence-corrected chi connectivity index (χ1v) is 8.04. The highest BCUT2D eigenvalue weighted by Crippen LogP contribution is 2.21. The lowest BCUT2D eigenvalue weighted by Gasteiger charge is -2.11. The van der Waals surface area contributed by atoms with Gasteiger partial charge in [-0.2, -0.15) is 8.78 Å². The summed E-state index contributed by atoms with van der Waals surface area (Å²) in [6.07, 6.45) is 0. The van der Waals surface area contributed by atoms with Gasteiger partial charge in [-0.25, -0.2) is 0 Å². The third-order valence-electron chi connectivity index (χ3n) is 3.20. The van der Waals surface area contributed by atoms with Gasteiger partial charge in [-0.3, -0.25) is 9.59 Å². The summed E-state index contributed by atoms with van der Waals surface area (Å²) in [6, 6.07) is 10.9. The lowest BCUT2D eigenvalue weighted by atomic mass is 10.2. The molecule has 2 rings (SSSR count). The van der Waals surface area contributed by atoms with Crippen molar-refractivity contribution in [3.8, 4) is 5.75 Å². The van der Waals surface area contributed by atoms with E-state index in [2.05, 4.69) is 31.3 Å². The minimum atomic E-state index is -3.04. The Morgan fingerprint density at radius 3 is 2.60 bits per heavy atom. The molecule has 0 aliphatic heterocycles. The summed E-state index contributed by atoms with van der Waals surface area (Å²) < 4.78 is 29.9. The van der Waals surface area contributed by atoms with Crippen molar-refractivity contribution in [3.63, 3.8) is 0 Å². The third kappa shape index (κ3) is 5.53. The number of aryl methyl sites for hydroxylation is 1. The number of hydrogen-bond acceptors (Lipinski definition) is 3. The maximum atomic E-state index is 12.4. The van der Waals surface area contributed by atoms with Crippen molar-refractivity contribution in [1.29, 1.82) is 0 Å². The minimum absolute atomic E-state index is 0.0740. The van der Waals surface area contributed by atoms with E-state index >= 15 is 0 Å². The Morgan fingerprint density at radius 2 is 1.92 bits per heavy atom. The van der Waals surface area contributed by atoms with Crippen LogP contribution in [0.1, 0.15) is 15.9 Å². The molecule has 25 heavy (non-hydrogen) atoms. The van der Waals surface area contributed by atoms with Gasteiger partial charge in [0.25, 0.3) is 5.91 Å². The van der Waals surface area contributed by atoms with E-state index in [4.69, 9.17) is 0 Å². The highest BCUT2D eigenvalue weighted by atomic mass is 79.9. The smallest absolute Gasteiger partial charge is 0.387 e. The Kier molecular flexibility index (Phi) is 6.46. The molecule has 0 heterocycles. The van der Waals surface area contributed by atoms with Crippen LogP contribution in [0.2, 0.25) is 0 Å². The molecule has 0 radical (unpaired) electrons. The number of hydrogen-bond donors (Lipinski definition) is 2. The molecule has 0 saturated heterocycles. The summed E-state index contributed by atoms with van der Waals surface area (Å²) in [5, 5.41) is 5.01. The number of anilines is 1. The monoisotopic (exact) mass is 412 g/mol. The molecule has 0 unspecified atom stereocenters. The van der Waals surface area contributed by atoms with Gasteiger partial charge in [0.2, 0.25) is 5.91 Å². The summed E-state index contributed by atoms with van der Waals surface area (Å²) in [5.41, 5.74) is 1.45. The van der Waals surface area contributed by atoms with Crippen molar-refractivity contribution in [3.05, 3.63) is 58.1 Å². The van der Waals surface area contributed by atoms with Crippen LogP contribution in [0.3, 0.4) is 0 Å². The molecule has 0 fully saturated rings. The fourth-order valence-electron chi connectivity index (χ4n) is 2.04. The van der Waals surface area contributed by atoms with E-state index in [0.29, 0.717) is 5.69 Å². The summed E-state index contributed by atoms with van der Waals surface area (Å²) in [4.78, 5) is 24.0. The van der Waals surface area contributed by atoms with Crippen LogP contribution in [-0.2, 0) is 4.79 Å². The first kappa shape index (κ1) is 18.9. The predicted octanol–water partition coefficient (Wildman–Crippen LogP) is 3.73. The van der Waals surface area contributed by atoms with E-state index in [0.717, 1.165) is 10.0 Å². The van der Waals surface area contributed by atoms with Gasteiger partial charge < -0.3 is 15.4 Å². The second-order valence-electron chi connectivity index (χ2n) is 5.07. The van der Waals surface area contributed by atoms with Crippen LogP contribution in [0.4, 0.5) is 14.5 Å². The van der Waals surface area contributed by atoms with E-state index in [1.54, 1.807) is 18.2 Å². The first-order chi connectivity index (χ1) is 11.9. The number of para-hydroxylation sites is 1. The zero-order chi connectivity index (χ0) is 18.4. The second kappa shape index (κ2) is 8.57. The molecule has 2 amide bonds. The normalized spacial score (nSPS) is 10.4. The molecule has 0 aliphatic rings. The Bertz CT molecular complexity index is 784. The van der Waals surface area contributed by atoms with Crippen molar-refractivity contribution in [2.24, 2.45) is 0 Å². The third-order valence-corrected chi connectivity index (χ3v) is 4.09. The van der Waals surface area contributed by atoms with E-state index < -0.39 is 18.4 Å². The Labute approximate surface area is 151 Å². The van der Waals surface area contributed by atoms with Crippen molar-refractivity contribution in [2.75, 3.05) is 11.9 Å². The van der Waals surface area contributed by atoms with Crippen molar-refractivity contribution >= 4 is 33.4 Å². The standard InChI is InChI=1S/C17H15BrF2N2O3/c1-10-8-11(6-7-13(10)18)22-15(23)9-21-16(24)12-4-2-3-5-14(12)25-17(19)20/h2-8,17H,9H2,1H3,(H,21,24)(H,22,23). The maximum Gasteiger partial charge on any atom is 0.387 e. The molecule has 0 atom stereocenters. The fourth-order valence-corrected chi connectivity index (χ4v) is 2.28. The Hall–Kier alpha value is -2.48. The zero-order valence-corrected chi connectivity index (χ0v) is 14.8. The van der Waals surface area contributed by atoms with Gasteiger partial charge in [0.15, 0.2) is 0 Å². The minimum Gasteiger partial charge on any atom is -0.434 e. The van der Waals surface area contributed by atoms with Crippen LogP contribution in [0, 0.1) is 6.92 Å². The van der Waals surface area contributed by atoms with Crippen LogP contribution in [0.5, 0.6) is 5.75 Å². The number of amides is 2. The SMILES string of the molecule is Cc1cc(NC(=O)CNC(=O)c2ccccc2OC(F)F)ccc1Br. The highest BCUT2D eigenvalue weighted by Gasteiger charge is 2.16. The molecule has 0 saturated carbocycles. The number of carbonyl (C=O) groups excluding carboxylic acids is 2. The lowest BCUT2D eigenvalue weighted by molar-refractivity contribution is -0.115. The molecule has 0 bridgehead atoms. The first-order valence-electron chi connectivity index (χ1n) is 7.25. The van der Waals surface area contributed by atoms with Crippen molar-refractivity contribution in [1.82, 2.24) is 5.32 Å². The predicted molar refractivity (Wildman–Crippen MR) is 92.9 cm³/mol. The zero-order valence-electron chi connectivity index (χ0n) is 13.2. The number of halogens is 3. The number of benzene rings is 2. The van der Waals surface area contributed by atoms with Gasteiger partial charge >= 0.3 is 6.61 Å². The molecule has 8 heteroatoms. The van der Waals surface area contributed by atoms with Crippen LogP contribution in [0.25, 0.3) is 0 Å². The van der Waals surface area contributed by atoms with Gasteiger partial charge in [0, 0.05) is 10.2 Å². The number of nitrogens with one attached hydrogen (secondary N) is 2. The molecule has 2 N–H and O–H groups in total. The molecule has 2 aromatic carbocycles. The molecule has 0 aliphatic carbocycles. The van der Waals surface area contributed by atoms with E-state index in [-0.39, 0.29) is 17.9 Å². The highest BCUT2D eigenvalue weighted by molar-refractivity contribution is 9.10. The van der Waals surface area contributed by atoms with Crippen LogP contribution >= 0.6 is 15.9 Å². The average Bonchev–Trinajstić information content (AvgIpc) is 2.56. The summed E-state index contributed by atoms with van der Waals surface area (Å²) in [5.74, 6) is -1.38. The van der Waals surface area contributed by atoms with Crippen molar-refractivity contribution < 1.29 is 23.1 Å². The molecule has 2 aromatic rings. The summed E-state index contributed by atoms with van der Waals surface area (Å²) >= 11 is 3.36. The summed E-state index contributed by atoms with van der Waals surface area (Å²) in [6.45, 7) is -1.48. The fraction of sp³-hybridized carbons (Fsp3) is 0.176. The van der Waals surface area contributed by atoms with E-state index in [1.165, 1.54) is 24.3 Å². The maximum absolute atomic E-state index is 12.4. The van der Waals surface area contributed by atoms with E-state index in [1.807, 2.05) is 6.92 Å². The molecule has 132 valence electrons. The molecular formula is C17H15BrF2N2O3. The Morgan fingerprint density at radius 1 is 1.20 bits per heavy atom. The van der Waals surface area contributed by atoms with Gasteiger partial charge in [0.1, 0.15) is 5.75 Å². The molecule has 0 aromatic heterocycles. The van der Waals surface area contributed by atoms with Crippen molar-refractivity contribution in [2.45, 2.75) is 13.5 Å². The summed E-state index contributed by atoms with van der Waals surface area (Å²) in [7, 11) is 0. The van der Waals surface area contributed by atoms with Gasteiger partial charge in [-0.05, 0) is 42.8 Å². The van der Waals surface area contributed by atoms with Crippen LogP contribution in [-0.4, -0.2) is 25.0 Å². The van der Waals surface area contributed by atoms with Gasteiger partial charge in [-0.1, -0.05) is 28.1 Å². The average molecular weight is 413 g/mol. The number of ether oxygens (including phenoxy) is 1. The largest absolute Gasteiger partial charge is 0.434 e. The number of carbonyl (C=O) groups is 2. The molecule has 0 spiro atoms.